The van der Waals surface area contributed by atoms with Gasteiger partial charge >= 0.3 is 0 Å². The highest BCUT2D eigenvalue weighted by molar-refractivity contribution is 7.10. The number of nitrogens with zero attached hydrogens (tertiary/aromatic N) is 2. The summed E-state index contributed by atoms with van der Waals surface area (Å²) in [7, 11) is 2.10. The third kappa shape index (κ3) is 2.48. The lowest BCUT2D eigenvalue weighted by atomic mass is 10.1. The zero-order valence-electron chi connectivity index (χ0n) is 10.7. The summed E-state index contributed by atoms with van der Waals surface area (Å²) < 4.78 is 6.07. The van der Waals surface area contributed by atoms with Crippen molar-refractivity contribution in [3.05, 3.63) is 51.7 Å². The second-order valence-corrected chi connectivity index (χ2v) is 5.70. The lowest BCUT2D eigenvalue weighted by molar-refractivity contribution is 0.132. The first-order valence-corrected chi connectivity index (χ1v) is 7.06. The molecule has 0 aliphatic carbocycles. The summed E-state index contributed by atoms with van der Waals surface area (Å²) in [5.41, 5.74) is 1.98. The minimum absolute atomic E-state index is 0.0580. The number of benzene rings is 1. The molecule has 4 heteroatoms. The third-order valence-corrected chi connectivity index (χ3v) is 4.28. The van der Waals surface area contributed by atoms with E-state index in [1.54, 1.807) is 23.5 Å². The van der Waals surface area contributed by atoms with E-state index in [1.165, 1.54) is 10.4 Å². The minimum atomic E-state index is 0.0580. The van der Waals surface area contributed by atoms with Crippen molar-refractivity contribution >= 4 is 11.3 Å². The van der Waals surface area contributed by atoms with Gasteiger partial charge in [0.2, 0.25) is 0 Å². The zero-order valence-corrected chi connectivity index (χ0v) is 11.5. The first kappa shape index (κ1) is 12.2. The van der Waals surface area contributed by atoms with Crippen LogP contribution in [0.3, 0.4) is 0 Å². The number of thiophene rings is 1. The second kappa shape index (κ2) is 5.04. The Morgan fingerprint density at radius 2 is 2.32 bits per heavy atom. The Labute approximate surface area is 116 Å². The summed E-state index contributed by atoms with van der Waals surface area (Å²) in [6, 6.07) is 11.6. The number of fused-ring (bicyclic) bond motifs is 1. The predicted octanol–water partition coefficient (Wildman–Crippen LogP) is 3.19. The molecule has 0 saturated heterocycles. The van der Waals surface area contributed by atoms with Gasteiger partial charge in [0.25, 0.3) is 0 Å². The Kier molecular flexibility index (Phi) is 3.24. The molecule has 1 aliphatic heterocycles. The highest BCUT2D eigenvalue weighted by Gasteiger charge is 2.26. The molecule has 19 heavy (non-hydrogen) atoms. The van der Waals surface area contributed by atoms with E-state index in [2.05, 4.69) is 29.5 Å². The summed E-state index contributed by atoms with van der Waals surface area (Å²) in [5, 5.41) is 11.0. The Morgan fingerprint density at radius 3 is 3.16 bits per heavy atom. The molecule has 1 atom stereocenters. The minimum Gasteiger partial charge on any atom is -0.483 e. The highest BCUT2D eigenvalue weighted by Crippen LogP contribution is 2.34. The number of nitriles is 1. The molecule has 3 rings (SSSR count). The summed E-state index contributed by atoms with van der Waals surface area (Å²) in [5.74, 6) is 0.763. The average molecular weight is 270 g/mol. The van der Waals surface area contributed by atoms with Crippen LogP contribution >= 0.6 is 11.3 Å². The van der Waals surface area contributed by atoms with E-state index in [0.717, 1.165) is 18.8 Å². The summed E-state index contributed by atoms with van der Waals surface area (Å²) in [6.45, 7) is 1.86. The molecule has 0 amide bonds. The van der Waals surface area contributed by atoms with Gasteiger partial charge in [-0.3, -0.25) is 4.90 Å². The van der Waals surface area contributed by atoms with E-state index in [1.807, 2.05) is 12.1 Å². The van der Waals surface area contributed by atoms with Gasteiger partial charge in [-0.25, -0.2) is 0 Å². The molecule has 0 radical (unpaired) electrons. The molecule has 0 spiro atoms. The van der Waals surface area contributed by atoms with Crippen LogP contribution in [-0.2, 0) is 6.54 Å². The van der Waals surface area contributed by atoms with Gasteiger partial charge in [0.1, 0.15) is 11.9 Å². The molecule has 0 fully saturated rings. The Bertz CT molecular complexity index is 629. The van der Waals surface area contributed by atoms with Crippen molar-refractivity contribution < 1.29 is 4.74 Å². The summed E-state index contributed by atoms with van der Waals surface area (Å²) >= 11 is 1.75. The normalized spacial score (nSPS) is 18.6. The molecule has 2 heterocycles. The predicted molar refractivity (Wildman–Crippen MR) is 75.2 cm³/mol. The molecule has 1 aromatic carbocycles. The average Bonchev–Trinajstić information content (AvgIpc) is 2.87. The van der Waals surface area contributed by atoms with Crippen LogP contribution in [0.5, 0.6) is 5.75 Å². The van der Waals surface area contributed by atoms with Gasteiger partial charge in [-0.2, -0.15) is 5.26 Å². The van der Waals surface area contributed by atoms with E-state index in [0.29, 0.717) is 5.56 Å². The van der Waals surface area contributed by atoms with Crippen LogP contribution in [0.15, 0.2) is 35.7 Å². The van der Waals surface area contributed by atoms with Gasteiger partial charge in [-0.1, -0.05) is 6.07 Å². The number of hydrogen-bond donors (Lipinski definition) is 0. The van der Waals surface area contributed by atoms with Gasteiger partial charge < -0.3 is 4.74 Å². The van der Waals surface area contributed by atoms with Crippen LogP contribution in [0.1, 0.15) is 22.1 Å². The first-order valence-electron chi connectivity index (χ1n) is 6.18. The fraction of sp³-hybridized carbons (Fsp3) is 0.267. The molecule has 0 N–H and O–H groups in total. The van der Waals surface area contributed by atoms with Crippen molar-refractivity contribution in [1.82, 2.24) is 4.90 Å². The van der Waals surface area contributed by atoms with Crippen molar-refractivity contribution in [3.8, 4) is 11.8 Å². The fourth-order valence-corrected chi connectivity index (χ4v) is 3.31. The molecular weight excluding hydrogens is 256 g/mol. The standard InChI is InChI=1S/C15H14N2OS/c1-17-9-12-5-6-19-15(12)14(10-17)18-13-4-2-3-11(7-13)8-16/h2-7,14H,9-10H2,1H3. The maximum atomic E-state index is 8.92. The van der Waals surface area contributed by atoms with Crippen molar-refractivity contribution in [1.29, 1.82) is 5.26 Å². The van der Waals surface area contributed by atoms with Crippen LogP contribution in [-0.4, -0.2) is 18.5 Å². The van der Waals surface area contributed by atoms with Gasteiger partial charge in [0, 0.05) is 13.1 Å². The van der Waals surface area contributed by atoms with E-state index < -0.39 is 0 Å². The number of rotatable bonds is 2. The number of likely N-dealkylation sites (N-methyl/N-ethyl adjacent to an activating group) is 1. The fourth-order valence-electron chi connectivity index (χ4n) is 2.38. The number of ether oxygens (including phenoxy) is 1. The van der Waals surface area contributed by atoms with Crippen LogP contribution in [0, 0.1) is 11.3 Å². The van der Waals surface area contributed by atoms with E-state index in [9.17, 15) is 0 Å². The van der Waals surface area contributed by atoms with Crippen LogP contribution in [0.25, 0.3) is 0 Å². The Hall–Kier alpha value is -1.83. The van der Waals surface area contributed by atoms with E-state index >= 15 is 0 Å². The maximum absolute atomic E-state index is 8.92. The van der Waals surface area contributed by atoms with Crippen LogP contribution in [0.2, 0.25) is 0 Å². The first-order chi connectivity index (χ1) is 9.26. The van der Waals surface area contributed by atoms with Crippen LogP contribution < -0.4 is 4.74 Å². The van der Waals surface area contributed by atoms with E-state index in [4.69, 9.17) is 10.00 Å². The molecule has 1 aliphatic rings. The lowest BCUT2D eigenvalue weighted by Gasteiger charge is -2.30. The third-order valence-electron chi connectivity index (χ3n) is 3.23. The number of hydrogen-bond acceptors (Lipinski definition) is 4. The van der Waals surface area contributed by atoms with Crippen molar-refractivity contribution in [2.45, 2.75) is 12.6 Å². The van der Waals surface area contributed by atoms with Crippen molar-refractivity contribution in [3.63, 3.8) is 0 Å². The Balaban J connectivity index is 1.86. The largest absolute Gasteiger partial charge is 0.483 e. The maximum Gasteiger partial charge on any atom is 0.146 e. The molecule has 2 aromatic rings. The molecule has 1 unspecified atom stereocenters. The van der Waals surface area contributed by atoms with Gasteiger partial charge in [-0.05, 0) is 42.3 Å². The molecule has 3 nitrogen and oxygen atoms in total. The van der Waals surface area contributed by atoms with Crippen molar-refractivity contribution in [2.75, 3.05) is 13.6 Å². The van der Waals surface area contributed by atoms with Crippen molar-refractivity contribution in [2.24, 2.45) is 0 Å². The SMILES string of the molecule is CN1Cc2ccsc2C(Oc2cccc(C#N)c2)C1. The van der Waals surface area contributed by atoms with Gasteiger partial charge in [0.15, 0.2) is 0 Å². The Morgan fingerprint density at radius 1 is 1.42 bits per heavy atom. The highest BCUT2D eigenvalue weighted by atomic mass is 32.1. The molecule has 96 valence electrons. The molecule has 1 aromatic heterocycles. The zero-order chi connectivity index (χ0) is 13.2. The topological polar surface area (TPSA) is 36.3 Å². The monoisotopic (exact) mass is 270 g/mol. The van der Waals surface area contributed by atoms with E-state index in [-0.39, 0.29) is 6.10 Å². The molecule has 0 bridgehead atoms. The van der Waals surface area contributed by atoms with Gasteiger partial charge in [-0.15, -0.1) is 11.3 Å². The lowest BCUT2D eigenvalue weighted by Crippen LogP contribution is -2.31. The quantitative estimate of drug-likeness (QED) is 0.841. The van der Waals surface area contributed by atoms with Crippen LogP contribution in [0.4, 0.5) is 0 Å². The summed E-state index contributed by atoms with van der Waals surface area (Å²) in [6.07, 6.45) is 0.0580. The second-order valence-electron chi connectivity index (χ2n) is 4.75. The molecular formula is C15H14N2OS. The summed E-state index contributed by atoms with van der Waals surface area (Å²) in [4.78, 5) is 3.56. The smallest absolute Gasteiger partial charge is 0.146 e. The van der Waals surface area contributed by atoms with Gasteiger partial charge in [0.05, 0.1) is 16.5 Å². The molecule has 0 saturated carbocycles.